The van der Waals surface area contributed by atoms with Crippen molar-refractivity contribution in [3.05, 3.63) is 24.3 Å². The van der Waals surface area contributed by atoms with Crippen LogP contribution in [-0.2, 0) is 9.59 Å². The highest BCUT2D eigenvalue weighted by Gasteiger charge is 2.22. The minimum absolute atomic E-state index is 0.000947. The first-order valence-electron chi connectivity index (χ1n) is 7.32. The van der Waals surface area contributed by atoms with E-state index in [1.807, 2.05) is 20.8 Å². The van der Waals surface area contributed by atoms with Crippen molar-refractivity contribution in [2.75, 3.05) is 17.2 Å². The molecule has 0 radical (unpaired) electrons. The molecule has 1 atom stereocenters. The van der Waals surface area contributed by atoms with Crippen molar-refractivity contribution in [3.63, 3.8) is 0 Å². The summed E-state index contributed by atoms with van der Waals surface area (Å²) in [5, 5.41) is 8.90. The molecule has 21 heavy (non-hydrogen) atoms. The lowest BCUT2D eigenvalue weighted by molar-refractivity contribution is -0.123. The van der Waals surface area contributed by atoms with Gasteiger partial charge in [-0.1, -0.05) is 20.8 Å². The van der Waals surface area contributed by atoms with E-state index in [9.17, 15) is 9.59 Å². The maximum absolute atomic E-state index is 12.0. The van der Waals surface area contributed by atoms with Crippen molar-refractivity contribution in [1.29, 1.82) is 0 Å². The lowest BCUT2D eigenvalue weighted by Gasteiger charge is -2.18. The summed E-state index contributed by atoms with van der Waals surface area (Å²) < 4.78 is 0. The molecule has 2 rings (SSSR count). The van der Waals surface area contributed by atoms with Crippen LogP contribution in [0.5, 0.6) is 0 Å². The zero-order valence-electron chi connectivity index (χ0n) is 12.8. The van der Waals surface area contributed by atoms with Crippen LogP contribution in [0.15, 0.2) is 24.3 Å². The maximum Gasteiger partial charge on any atom is 0.241 e. The Labute approximate surface area is 125 Å². The Kier molecular flexibility index (Phi) is 4.63. The number of carbonyl (C=O) groups is 2. The van der Waals surface area contributed by atoms with Crippen molar-refractivity contribution in [2.24, 2.45) is 5.41 Å². The van der Waals surface area contributed by atoms with E-state index < -0.39 is 5.41 Å². The average Bonchev–Trinajstić information content (AvgIpc) is 2.94. The summed E-state index contributed by atoms with van der Waals surface area (Å²) in [6.07, 6.45) is 1.92. The molecule has 1 fully saturated rings. The van der Waals surface area contributed by atoms with Crippen LogP contribution in [0.1, 0.15) is 33.6 Å². The SMILES string of the molecule is CC(C)(C)C(=O)Nc1ccc(NC(=O)[C@H]2CCCN2)cc1. The van der Waals surface area contributed by atoms with Gasteiger partial charge in [0.25, 0.3) is 0 Å². The summed E-state index contributed by atoms with van der Waals surface area (Å²) in [6, 6.07) is 7.09. The zero-order valence-corrected chi connectivity index (χ0v) is 12.8. The van der Waals surface area contributed by atoms with Gasteiger partial charge in [-0.3, -0.25) is 9.59 Å². The summed E-state index contributed by atoms with van der Waals surface area (Å²) in [5.41, 5.74) is 1.04. The Hall–Kier alpha value is -1.88. The molecule has 1 aromatic rings. The van der Waals surface area contributed by atoms with Gasteiger partial charge >= 0.3 is 0 Å². The molecule has 0 spiro atoms. The van der Waals surface area contributed by atoms with Crippen LogP contribution in [0.3, 0.4) is 0 Å². The van der Waals surface area contributed by atoms with Crippen molar-refractivity contribution in [2.45, 2.75) is 39.7 Å². The molecule has 1 heterocycles. The number of hydrogen-bond donors (Lipinski definition) is 3. The molecule has 1 aliphatic heterocycles. The lowest BCUT2D eigenvalue weighted by Crippen LogP contribution is -2.35. The molecular weight excluding hydrogens is 266 g/mol. The van der Waals surface area contributed by atoms with E-state index in [0.717, 1.165) is 30.8 Å². The molecule has 2 amide bonds. The topological polar surface area (TPSA) is 70.2 Å². The van der Waals surface area contributed by atoms with E-state index in [0.29, 0.717) is 0 Å². The zero-order chi connectivity index (χ0) is 15.5. The second kappa shape index (κ2) is 6.26. The number of hydrogen-bond acceptors (Lipinski definition) is 3. The first-order valence-corrected chi connectivity index (χ1v) is 7.32. The third-order valence-electron chi connectivity index (χ3n) is 3.47. The quantitative estimate of drug-likeness (QED) is 0.800. The van der Waals surface area contributed by atoms with Crippen LogP contribution in [0.25, 0.3) is 0 Å². The van der Waals surface area contributed by atoms with E-state index in [4.69, 9.17) is 0 Å². The van der Waals surface area contributed by atoms with Gasteiger partial charge in [-0.05, 0) is 43.7 Å². The second-order valence-corrected chi connectivity index (χ2v) is 6.42. The highest BCUT2D eigenvalue weighted by atomic mass is 16.2. The van der Waals surface area contributed by atoms with Crippen LogP contribution in [0.2, 0.25) is 0 Å². The van der Waals surface area contributed by atoms with Gasteiger partial charge in [0.1, 0.15) is 0 Å². The van der Waals surface area contributed by atoms with Crippen molar-refractivity contribution in [3.8, 4) is 0 Å². The van der Waals surface area contributed by atoms with Crippen LogP contribution in [-0.4, -0.2) is 24.4 Å². The number of rotatable bonds is 3. The van der Waals surface area contributed by atoms with E-state index in [2.05, 4.69) is 16.0 Å². The Morgan fingerprint density at radius 1 is 1.10 bits per heavy atom. The lowest BCUT2D eigenvalue weighted by atomic mass is 9.95. The minimum atomic E-state index is -0.430. The molecule has 1 aromatic carbocycles. The summed E-state index contributed by atoms with van der Waals surface area (Å²) in [5.74, 6) is -0.0339. The van der Waals surface area contributed by atoms with Crippen LogP contribution >= 0.6 is 0 Å². The Morgan fingerprint density at radius 3 is 2.14 bits per heavy atom. The summed E-state index contributed by atoms with van der Waals surface area (Å²) in [6.45, 7) is 6.50. The minimum Gasteiger partial charge on any atom is -0.326 e. The molecule has 0 unspecified atom stereocenters. The third-order valence-corrected chi connectivity index (χ3v) is 3.47. The molecule has 0 saturated carbocycles. The fourth-order valence-electron chi connectivity index (χ4n) is 2.09. The average molecular weight is 289 g/mol. The number of nitrogens with one attached hydrogen (secondary N) is 3. The monoisotopic (exact) mass is 289 g/mol. The summed E-state index contributed by atoms with van der Waals surface area (Å²) >= 11 is 0. The molecule has 1 saturated heterocycles. The van der Waals surface area contributed by atoms with E-state index >= 15 is 0 Å². The predicted octanol–water partition coefficient (Wildman–Crippen LogP) is 2.36. The van der Waals surface area contributed by atoms with Gasteiger partial charge in [0.15, 0.2) is 0 Å². The molecule has 3 N–H and O–H groups in total. The number of benzene rings is 1. The summed E-state index contributed by atoms with van der Waals surface area (Å²) in [7, 11) is 0. The van der Waals surface area contributed by atoms with Crippen molar-refractivity contribution in [1.82, 2.24) is 5.32 Å². The van der Waals surface area contributed by atoms with Gasteiger partial charge < -0.3 is 16.0 Å². The highest BCUT2D eigenvalue weighted by Crippen LogP contribution is 2.19. The standard InChI is InChI=1S/C16H23N3O2/c1-16(2,3)15(21)19-12-8-6-11(7-9-12)18-14(20)13-5-4-10-17-13/h6-9,13,17H,4-5,10H2,1-3H3,(H,18,20)(H,19,21)/t13-/m1/s1. The molecule has 114 valence electrons. The molecular formula is C16H23N3O2. The van der Waals surface area contributed by atoms with Crippen molar-refractivity contribution < 1.29 is 9.59 Å². The number of carbonyl (C=O) groups excluding carboxylic acids is 2. The smallest absolute Gasteiger partial charge is 0.241 e. The van der Waals surface area contributed by atoms with E-state index in [1.54, 1.807) is 24.3 Å². The normalized spacial score (nSPS) is 18.3. The van der Waals surface area contributed by atoms with Crippen LogP contribution in [0.4, 0.5) is 11.4 Å². The van der Waals surface area contributed by atoms with Gasteiger partial charge in [0.05, 0.1) is 6.04 Å². The number of amides is 2. The predicted molar refractivity (Wildman–Crippen MR) is 84.2 cm³/mol. The van der Waals surface area contributed by atoms with Crippen molar-refractivity contribution >= 4 is 23.2 Å². The van der Waals surface area contributed by atoms with Crippen LogP contribution < -0.4 is 16.0 Å². The fraction of sp³-hybridized carbons (Fsp3) is 0.500. The van der Waals surface area contributed by atoms with E-state index in [-0.39, 0.29) is 17.9 Å². The molecule has 0 aromatic heterocycles. The Bertz CT molecular complexity index is 511. The Morgan fingerprint density at radius 2 is 1.67 bits per heavy atom. The molecule has 1 aliphatic rings. The Balaban J connectivity index is 1.92. The van der Waals surface area contributed by atoms with Gasteiger partial charge in [-0.2, -0.15) is 0 Å². The first-order chi connectivity index (χ1) is 9.86. The molecule has 5 heteroatoms. The first kappa shape index (κ1) is 15.5. The number of anilines is 2. The highest BCUT2D eigenvalue weighted by molar-refractivity contribution is 5.96. The van der Waals surface area contributed by atoms with Crippen LogP contribution in [0, 0.1) is 5.41 Å². The van der Waals surface area contributed by atoms with Gasteiger partial charge in [0, 0.05) is 16.8 Å². The third kappa shape index (κ3) is 4.29. The summed E-state index contributed by atoms with van der Waals surface area (Å²) in [4.78, 5) is 23.8. The van der Waals surface area contributed by atoms with Gasteiger partial charge in [-0.15, -0.1) is 0 Å². The van der Waals surface area contributed by atoms with E-state index in [1.165, 1.54) is 0 Å². The van der Waals surface area contributed by atoms with Gasteiger partial charge in [-0.25, -0.2) is 0 Å². The fourth-order valence-corrected chi connectivity index (χ4v) is 2.09. The maximum atomic E-state index is 12.0. The largest absolute Gasteiger partial charge is 0.326 e. The molecule has 0 aliphatic carbocycles. The molecule has 5 nitrogen and oxygen atoms in total. The second-order valence-electron chi connectivity index (χ2n) is 6.42. The molecule has 0 bridgehead atoms. The van der Waals surface area contributed by atoms with Gasteiger partial charge in [0.2, 0.25) is 11.8 Å².